The van der Waals surface area contributed by atoms with Gasteiger partial charge < -0.3 is 31.0 Å². The number of nitrogen functional groups attached to an aromatic ring is 2. The minimum Gasteiger partial charge on any atom is -0.476 e. The van der Waals surface area contributed by atoms with Crippen LogP contribution in [0.1, 0.15) is 16.6 Å². The predicted octanol–water partition coefficient (Wildman–Crippen LogP) is 4.03. The highest BCUT2D eigenvalue weighted by molar-refractivity contribution is 7.12. The number of esters is 1. The maximum absolute atomic E-state index is 11.7. The van der Waals surface area contributed by atoms with E-state index >= 15 is 0 Å². The molecule has 0 saturated heterocycles. The predicted molar refractivity (Wildman–Crippen MR) is 110 cm³/mol. The minimum atomic E-state index is -0.430. The molecular weight excluding hydrogens is 380 g/mol. The number of rotatable bonds is 7. The maximum atomic E-state index is 11.7. The van der Waals surface area contributed by atoms with Gasteiger partial charge in [-0.25, -0.2) is 4.79 Å². The highest BCUT2D eigenvalue weighted by Gasteiger charge is 2.15. The molecule has 0 spiro atoms. The third-order valence-electron chi connectivity index (χ3n) is 3.69. The molecular formula is C19H20N4O4S. The molecule has 28 heavy (non-hydrogen) atoms. The summed E-state index contributed by atoms with van der Waals surface area (Å²) in [5, 5.41) is 4.91. The lowest BCUT2D eigenvalue weighted by molar-refractivity contribution is 0.0604. The summed E-state index contributed by atoms with van der Waals surface area (Å²) in [6, 6.07) is 10.5. The van der Waals surface area contributed by atoms with Gasteiger partial charge in [0.05, 0.1) is 19.4 Å². The van der Waals surface area contributed by atoms with E-state index in [1.807, 2.05) is 19.1 Å². The van der Waals surface area contributed by atoms with Gasteiger partial charge in [0, 0.05) is 11.8 Å². The smallest absolute Gasteiger partial charge is 0.351 e. The van der Waals surface area contributed by atoms with Gasteiger partial charge in [0.1, 0.15) is 17.3 Å². The van der Waals surface area contributed by atoms with E-state index in [0.717, 1.165) is 5.69 Å². The van der Waals surface area contributed by atoms with E-state index in [2.05, 4.69) is 10.3 Å². The summed E-state index contributed by atoms with van der Waals surface area (Å²) in [6.07, 6.45) is 0. The molecule has 2 heterocycles. The Kier molecular flexibility index (Phi) is 5.85. The molecule has 146 valence electrons. The molecule has 0 fully saturated rings. The molecule has 0 atom stereocenters. The lowest BCUT2D eigenvalue weighted by atomic mass is 10.3. The molecule has 1 aromatic carbocycles. The van der Waals surface area contributed by atoms with Gasteiger partial charge in [-0.15, -0.1) is 11.3 Å². The molecule has 3 rings (SSSR count). The Bertz CT molecular complexity index is 973. The standard InChI is InChI=1S/C19H20N4O4S/c1-3-26-18-16(21)13(20)10-15(23-18)22-11-4-6-12(7-5-11)27-14-8-9-28-17(14)19(24)25-2/h4-10H,3,21H2,1-2H3,(H3,20,22,23). The maximum Gasteiger partial charge on any atom is 0.351 e. The average molecular weight is 400 g/mol. The average Bonchev–Trinajstić information content (AvgIpc) is 3.15. The Morgan fingerprint density at radius 2 is 1.96 bits per heavy atom. The number of aromatic nitrogens is 1. The molecule has 0 aliphatic carbocycles. The number of thiophene rings is 1. The van der Waals surface area contributed by atoms with Gasteiger partial charge in [-0.3, -0.25) is 0 Å². The van der Waals surface area contributed by atoms with Crippen molar-refractivity contribution in [1.29, 1.82) is 0 Å². The van der Waals surface area contributed by atoms with Gasteiger partial charge in [0.15, 0.2) is 10.6 Å². The largest absolute Gasteiger partial charge is 0.476 e. The first-order chi connectivity index (χ1) is 13.5. The van der Waals surface area contributed by atoms with Gasteiger partial charge >= 0.3 is 5.97 Å². The Labute approximate surface area is 166 Å². The summed E-state index contributed by atoms with van der Waals surface area (Å²) in [5.41, 5.74) is 13.2. The number of methoxy groups -OCH3 is 1. The van der Waals surface area contributed by atoms with Crippen molar-refractivity contribution in [2.75, 3.05) is 30.5 Å². The van der Waals surface area contributed by atoms with Crippen LogP contribution in [-0.4, -0.2) is 24.7 Å². The Morgan fingerprint density at radius 1 is 1.21 bits per heavy atom. The summed E-state index contributed by atoms with van der Waals surface area (Å²) in [6.45, 7) is 2.28. The van der Waals surface area contributed by atoms with Crippen LogP contribution >= 0.6 is 11.3 Å². The molecule has 0 radical (unpaired) electrons. The zero-order chi connectivity index (χ0) is 20.1. The van der Waals surface area contributed by atoms with Crippen LogP contribution in [-0.2, 0) is 4.74 Å². The van der Waals surface area contributed by atoms with Crippen molar-refractivity contribution in [3.63, 3.8) is 0 Å². The van der Waals surface area contributed by atoms with Crippen LogP contribution in [0.25, 0.3) is 0 Å². The third kappa shape index (κ3) is 4.26. The molecule has 0 amide bonds. The highest BCUT2D eigenvalue weighted by Crippen LogP contribution is 2.32. The Hall–Kier alpha value is -3.46. The number of carbonyl (C=O) groups excluding carboxylic acids is 1. The van der Waals surface area contributed by atoms with Crippen LogP contribution in [0.5, 0.6) is 17.4 Å². The molecule has 2 aromatic heterocycles. The number of anilines is 4. The lowest BCUT2D eigenvalue weighted by Crippen LogP contribution is -2.05. The Balaban J connectivity index is 1.73. The van der Waals surface area contributed by atoms with Crippen LogP contribution in [0.4, 0.5) is 22.9 Å². The van der Waals surface area contributed by atoms with Gasteiger partial charge in [0.2, 0.25) is 5.88 Å². The van der Waals surface area contributed by atoms with E-state index in [-0.39, 0.29) is 5.88 Å². The van der Waals surface area contributed by atoms with Crippen LogP contribution in [0.2, 0.25) is 0 Å². The zero-order valence-corrected chi connectivity index (χ0v) is 16.2. The number of nitrogens with one attached hydrogen (secondary N) is 1. The van der Waals surface area contributed by atoms with E-state index in [1.165, 1.54) is 18.4 Å². The summed E-state index contributed by atoms with van der Waals surface area (Å²) in [4.78, 5) is 16.5. The highest BCUT2D eigenvalue weighted by atomic mass is 32.1. The summed E-state index contributed by atoms with van der Waals surface area (Å²) >= 11 is 1.26. The van der Waals surface area contributed by atoms with Crippen molar-refractivity contribution >= 4 is 40.2 Å². The zero-order valence-electron chi connectivity index (χ0n) is 15.4. The van der Waals surface area contributed by atoms with Gasteiger partial charge in [0.25, 0.3) is 0 Å². The monoisotopic (exact) mass is 400 g/mol. The quantitative estimate of drug-likeness (QED) is 0.508. The van der Waals surface area contributed by atoms with Gasteiger partial charge in [-0.2, -0.15) is 4.98 Å². The van der Waals surface area contributed by atoms with E-state index in [9.17, 15) is 4.79 Å². The summed E-state index contributed by atoms with van der Waals surface area (Å²) < 4.78 is 15.9. The number of nitrogens with two attached hydrogens (primary N) is 2. The fourth-order valence-electron chi connectivity index (χ4n) is 2.36. The fourth-order valence-corrected chi connectivity index (χ4v) is 3.09. The van der Waals surface area contributed by atoms with Crippen molar-refractivity contribution in [2.45, 2.75) is 6.92 Å². The number of hydrogen-bond acceptors (Lipinski definition) is 9. The van der Waals surface area contributed by atoms with E-state index in [1.54, 1.807) is 29.6 Å². The number of benzene rings is 1. The second kappa shape index (κ2) is 8.49. The van der Waals surface area contributed by atoms with Crippen molar-refractivity contribution in [3.05, 3.63) is 46.7 Å². The SMILES string of the molecule is CCOc1nc(Nc2ccc(Oc3ccsc3C(=O)OC)cc2)cc(N)c1N. The molecule has 9 heteroatoms. The molecule has 0 aliphatic rings. The van der Waals surface area contributed by atoms with Gasteiger partial charge in [-0.1, -0.05) is 0 Å². The molecule has 0 saturated carbocycles. The van der Waals surface area contributed by atoms with Gasteiger partial charge in [-0.05, 0) is 42.6 Å². The molecule has 3 aromatic rings. The second-order valence-corrected chi connectivity index (χ2v) is 6.52. The van der Waals surface area contributed by atoms with Crippen molar-refractivity contribution in [3.8, 4) is 17.4 Å². The number of ether oxygens (including phenoxy) is 3. The molecule has 0 bridgehead atoms. The number of hydrogen-bond donors (Lipinski definition) is 3. The summed E-state index contributed by atoms with van der Waals surface area (Å²) in [7, 11) is 1.33. The third-order valence-corrected chi connectivity index (χ3v) is 4.57. The van der Waals surface area contributed by atoms with Crippen LogP contribution in [0, 0.1) is 0 Å². The minimum absolute atomic E-state index is 0.290. The van der Waals surface area contributed by atoms with Crippen molar-refractivity contribution in [1.82, 2.24) is 4.98 Å². The van der Waals surface area contributed by atoms with Crippen molar-refractivity contribution in [2.24, 2.45) is 0 Å². The second-order valence-electron chi connectivity index (χ2n) is 5.61. The fraction of sp³-hybridized carbons (Fsp3) is 0.158. The normalized spacial score (nSPS) is 10.4. The first-order valence-corrected chi connectivity index (χ1v) is 9.29. The first-order valence-electron chi connectivity index (χ1n) is 8.41. The van der Waals surface area contributed by atoms with Crippen LogP contribution < -0.4 is 26.3 Å². The van der Waals surface area contributed by atoms with Crippen LogP contribution in [0.3, 0.4) is 0 Å². The topological polar surface area (TPSA) is 122 Å². The summed E-state index contributed by atoms with van der Waals surface area (Å²) in [5.74, 6) is 1.40. The molecule has 8 nitrogen and oxygen atoms in total. The lowest BCUT2D eigenvalue weighted by Gasteiger charge is -2.12. The van der Waals surface area contributed by atoms with E-state index in [4.69, 9.17) is 25.7 Å². The number of carbonyl (C=O) groups is 1. The molecule has 5 N–H and O–H groups in total. The van der Waals surface area contributed by atoms with Crippen LogP contribution in [0.15, 0.2) is 41.8 Å². The molecule has 0 unspecified atom stereocenters. The molecule has 0 aliphatic heterocycles. The van der Waals surface area contributed by atoms with E-state index < -0.39 is 5.97 Å². The van der Waals surface area contributed by atoms with E-state index in [0.29, 0.717) is 40.2 Å². The van der Waals surface area contributed by atoms with Crippen molar-refractivity contribution < 1.29 is 19.0 Å². The number of nitrogens with zero attached hydrogens (tertiary/aromatic N) is 1. The number of pyridine rings is 1. The Morgan fingerprint density at radius 3 is 2.64 bits per heavy atom. The first kappa shape index (κ1) is 19.3.